The minimum Gasteiger partial charge on any atom is -0.381 e. The molecule has 5 aliphatic rings. The van der Waals surface area contributed by atoms with Crippen LogP contribution in [0.25, 0.3) is 0 Å². The second-order valence-corrected chi connectivity index (χ2v) is 24.5. The zero-order valence-corrected chi connectivity index (χ0v) is 47.0. The normalized spacial score (nSPS) is 29.0. The Morgan fingerprint density at radius 2 is 1.33 bits per heavy atom. The summed E-state index contributed by atoms with van der Waals surface area (Å²) in [5.41, 5.74) is 2.88. The summed E-state index contributed by atoms with van der Waals surface area (Å²) < 4.78 is 36.1. The average molecular weight is 980 g/mol. The maximum atomic E-state index is 6.36. The monoisotopic (exact) mass is 979 g/mol. The van der Waals surface area contributed by atoms with Crippen LogP contribution in [0.4, 0.5) is 0 Å². The van der Waals surface area contributed by atoms with E-state index >= 15 is 0 Å². The molecule has 6 nitrogen and oxygen atoms in total. The summed E-state index contributed by atoms with van der Waals surface area (Å²) in [5.74, 6) is 7.06. The van der Waals surface area contributed by atoms with Crippen LogP contribution in [0.3, 0.4) is 0 Å². The highest BCUT2D eigenvalue weighted by Crippen LogP contribution is 2.67. The van der Waals surface area contributed by atoms with Crippen LogP contribution in [-0.2, 0) is 28.4 Å². The molecular weight excluding hydrogens is 865 g/mol. The summed E-state index contributed by atoms with van der Waals surface area (Å²) in [6, 6.07) is 0. The molecule has 10 atom stereocenters. The molecule has 0 radical (unpaired) electrons. The Labute approximate surface area is 433 Å². The fraction of sp³-hybridized carbons (Fsp3) is 0.906. The van der Waals surface area contributed by atoms with Crippen molar-refractivity contribution in [1.29, 1.82) is 0 Å². The van der Waals surface area contributed by atoms with E-state index in [0.717, 1.165) is 93.0 Å². The largest absolute Gasteiger partial charge is 0.381 e. The lowest BCUT2D eigenvalue weighted by Gasteiger charge is -2.58. The highest BCUT2D eigenvalue weighted by atomic mass is 16.6. The van der Waals surface area contributed by atoms with Crippen molar-refractivity contribution in [1.82, 2.24) is 0 Å². The molecule has 10 unspecified atom stereocenters. The Bertz CT molecular complexity index is 1400. The fourth-order valence-electron chi connectivity index (χ4n) is 14.6. The van der Waals surface area contributed by atoms with Crippen molar-refractivity contribution >= 4 is 0 Å². The number of rotatable bonds is 39. The smallest absolute Gasteiger partial charge is 0.0809 e. The van der Waals surface area contributed by atoms with Crippen LogP contribution < -0.4 is 0 Å². The van der Waals surface area contributed by atoms with E-state index in [0.29, 0.717) is 57.1 Å². The predicted molar refractivity (Wildman–Crippen MR) is 296 cm³/mol. The molecular formula is C64H114O6. The molecule has 406 valence electrons. The summed E-state index contributed by atoms with van der Waals surface area (Å²) in [7, 11) is 0. The van der Waals surface area contributed by atoms with E-state index in [1.165, 1.54) is 173 Å². The van der Waals surface area contributed by atoms with Gasteiger partial charge in [-0.05, 0) is 193 Å². The van der Waals surface area contributed by atoms with E-state index in [1.807, 2.05) is 5.57 Å². The SMILES string of the molecule is CCCCCC=CCC=CCCCCCCCCOCC(CCC1CCCOCC1)OCCOCCOCCOCCCC1CCC2(C)C(=CCC3C2CCC2(C)C(C(C)CCCC(C)C)CCC32)C1. The third-order valence-electron chi connectivity index (χ3n) is 18.9. The fourth-order valence-corrected chi connectivity index (χ4v) is 14.6. The molecule has 1 saturated heterocycles. The molecule has 4 aliphatic carbocycles. The molecule has 5 rings (SSSR count). The Morgan fingerprint density at radius 3 is 2.10 bits per heavy atom. The first-order chi connectivity index (χ1) is 34.2. The quantitative estimate of drug-likeness (QED) is 0.0452. The number of ether oxygens (including phenoxy) is 6. The third-order valence-corrected chi connectivity index (χ3v) is 18.9. The molecule has 0 bridgehead atoms. The van der Waals surface area contributed by atoms with Crippen LogP contribution in [0, 0.1) is 58.2 Å². The Hall–Kier alpha value is -1.02. The molecule has 1 aliphatic heterocycles. The summed E-state index contributed by atoms with van der Waals surface area (Å²) in [6.07, 6.45) is 51.6. The summed E-state index contributed by atoms with van der Waals surface area (Å²) in [6.45, 7) is 23.0. The number of allylic oxidation sites excluding steroid dienone is 6. The van der Waals surface area contributed by atoms with Crippen LogP contribution in [0.1, 0.15) is 234 Å². The van der Waals surface area contributed by atoms with Crippen LogP contribution in [0.2, 0.25) is 0 Å². The van der Waals surface area contributed by atoms with Crippen molar-refractivity contribution in [2.24, 2.45) is 58.2 Å². The molecule has 0 aromatic carbocycles. The van der Waals surface area contributed by atoms with Gasteiger partial charge in [0.05, 0.1) is 52.4 Å². The number of fused-ring (bicyclic) bond motifs is 5. The van der Waals surface area contributed by atoms with Crippen molar-refractivity contribution in [3.8, 4) is 0 Å². The molecule has 0 aromatic rings. The van der Waals surface area contributed by atoms with E-state index in [2.05, 4.69) is 71.9 Å². The van der Waals surface area contributed by atoms with Gasteiger partial charge in [0.15, 0.2) is 0 Å². The van der Waals surface area contributed by atoms with Crippen molar-refractivity contribution in [3.63, 3.8) is 0 Å². The first-order valence-electron chi connectivity index (χ1n) is 30.7. The van der Waals surface area contributed by atoms with Gasteiger partial charge in [0, 0.05) is 26.4 Å². The molecule has 70 heavy (non-hydrogen) atoms. The number of hydrogen-bond acceptors (Lipinski definition) is 6. The topological polar surface area (TPSA) is 55.4 Å². The van der Waals surface area contributed by atoms with Gasteiger partial charge >= 0.3 is 0 Å². The first kappa shape index (κ1) is 59.9. The van der Waals surface area contributed by atoms with Gasteiger partial charge in [0.1, 0.15) is 0 Å². The molecule has 0 spiro atoms. The van der Waals surface area contributed by atoms with Gasteiger partial charge in [-0.25, -0.2) is 0 Å². The molecule has 3 saturated carbocycles. The van der Waals surface area contributed by atoms with Crippen LogP contribution in [0.15, 0.2) is 36.0 Å². The second kappa shape index (κ2) is 35.3. The van der Waals surface area contributed by atoms with Crippen molar-refractivity contribution in [3.05, 3.63) is 36.0 Å². The van der Waals surface area contributed by atoms with Gasteiger partial charge < -0.3 is 28.4 Å². The Morgan fingerprint density at radius 1 is 0.614 bits per heavy atom. The summed E-state index contributed by atoms with van der Waals surface area (Å²) in [5, 5.41) is 0. The van der Waals surface area contributed by atoms with Crippen molar-refractivity contribution < 1.29 is 28.4 Å². The second-order valence-electron chi connectivity index (χ2n) is 24.5. The zero-order chi connectivity index (χ0) is 49.5. The van der Waals surface area contributed by atoms with Crippen LogP contribution in [-0.4, -0.2) is 78.8 Å². The minimum atomic E-state index is 0.132. The molecule has 6 heteroatoms. The highest BCUT2D eigenvalue weighted by Gasteiger charge is 2.59. The average Bonchev–Trinajstić information content (AvgIpc) is 3.50. The summed E-state index contributed by atoms with van der Waals surface area (Å²) >= 11 is 0. The lowest BCUT2D eigenvalue weighted by molar-refractivity contribution is -0.0533. The Kier molecular flexibility index (Phi) is 30.2. The lowest BCUT2D eigenvalue weighted by Crippen LogP contribution is -2.50. The number of unbranched alkanes of at least 4 members (excludes halogenated alkanes) is 9. The summed E-state index contributed by atoms with van der Waals surface area (Å²) in [4.78, 5) is 0. The van der Waals surface area contributed by atoms with E-state index in [4.69, 9.17) is 28.4 Å². The maximum absolute atomic E-state index is 6.36. The van der Waals surface area contributed by atoms with Crippen molar-refractivity contribution in [2.75, 3.05) is 72.7 Å². The van der Waals surface area contributed by atoms with Gasteiger partial charge in [0.25, 0.3) is 0 Å². The number of hydrogen-bond donors (Lipinski definition) is 0. The molecule has 0 amide bonds. The van der Waals surface area contributed by atoms with Crippen molar-refractivity contribution in [2.45, 2.75) is 240 Å². The van der Waals surface area contributed by atoms with Crippen LogP contribution in [0.5, 0.6) is 0 Å². The van der Waals surface area contributed by atoms with Gasteiger partial charge in [-0.2, -0.15) is 0 Å². The van der Waals surface area contributed by atoms with Gasteiger partial charge in [0.2, 0.25) is 0 Å². The van der Waals surface area contributed by atoms with E-state index in [1.54, 1.807) is 0 Å². The molecule has 0 N–H and O–H groups in total. The van der Waals surface area contributed by atoms with Gasteiger partial charge in [-0.3, -0.25) is 0 Å². The van der Waals surface area contributed by atoms with E-state index in [-0.39, 0.29) is 6.10 Å². The predicted octanol–water partition coefficient (Wildman–Crippen LogP) is 17.3. The standard InChI is InChI=1S/C64H114O6/c1-7-8-9-10-11-12-13-14-15-16-17-18-19-20-21-22-41-69-52-58(32-30-55-28-24-42-65-44-38-55)70-50-49-68-48-47-67-46-45-66-43-25-29-56-36-39-63(5)57(51-56)31-33-59-61-35-34-60(54(4)27-23-26-53(2)3)64(61,6)40-37-62(59)63/h11-12,14-15,31,53-56,58-62H,7-10,13,16-30,32-52H2,1-6H3. The van der Waals surface area contributed by atoms with E-state index < -0.39 is 0 Å². The van der Waals surface area contributed by atoms with E-state index in [9.17, 15) is 0 Å². The highest BCUT2D eigenvalue weighted by molar-refractivity contribution is 5.25. The minimum absolute atomic E-state index is 0.132. The molecule has 4 fully saturated rings. The lowest BCUT2D eigenvalue weighted by atomic mass is 9.46. The maximum Gasteiger partial charge on any atom is 0.0809 e. The third kappa shape index (κ3) is 21.3. The Balaban J connectivity index is 0.849. The zero-order valence-electron chi connectivity index (χ0n) is 47.0. The van der Waals surface area contributed by atoms with Gasteiger partial charge in [-0.1, -0.05) is 135 Å². The van der Waals surface area contributed by atoms with Crippen LogP contribution >= 0.6 is 0 Å². The molecule has 1 heterocycles. The molecule has 0 aromatic heterocycles. The van der Waals surface area contributed by atoms with Gasteiger partial charge in [-0.15, -0.1) is 0 Å². The first-order valence-corrected chi connectivity index (χ1v) is 30.7.